The Morgan fingerprint density at radius 2 is 2.44 bits per heavy atom. The van der Waals surface area contributed by atoms with Crippen molar-refractivity contribution in [1.29, 1.82) is 0 Å². The number of methoxy groups -OCH3 is 1. The van der Waals surface area contributed by atoms with E-state index in [9.17, 15) is 0 Å². The summed E-state index contributed by atoms with van der Waals surface area (Å²) in [5.41, 5.74) is 7.38. The van der Waals surface area contributed by atoms with Gasteiger partial charge in [0.25, 0.3) is 0 Å². The molecule has 16 heavy (non-hydrogen) atoms. The molecule has 1 aliphatic carbocycles. The number of fused-ring (bicyclic) bond motifs is 2. The number of hydrogen-bond acceptors (Lipinski definition) is 3. The third kappa shape index (κ3) is 1.24. The SMILES string of the molecule is COc1ccc2c(c1)[C@]1(CCO2)C[C@@H]1CN. The molecule has 86 valence electrons. The van der Waals surface area contributed by atoms with Crippen LogP contribution in [0.25, 0.3) is 0 Å². The molecule has 0 amide bonds. The molecule has 0 bridgehead atoms. The molecule has 0 aromatic heterocycles. The van der Waals surface area contributed by atoms with Crippen LogP contribution in [0.2, 0.25) is 0 Å². The predicted molar refractivity (Wildman–Crippen MR) is 61.9 cm³/mol. The van der Waals surface area contributed by atoms with E-state index in [1.54, 1.807) is 7.11 Å². The molecule has 0 radical (unpaired) electrons. The summed E-state index contributed by atoms with van der Waals surface area (Å²) in [6.45, 7) is 1.59. The maximum absolute atomic E-state index is 5.79. The Kier molecular flexibility index (Phi) is 2.11. The second-order valence-corrected chi connectivity index (χ2v) is 4.75. The molecule has 1 saturated carbocycles. The minimum Gasteiger partial charge on any atom is -0.497 e. The number of ether oxygens (including phenoxy) is 2. The molecule has 0 saturated heterocycles. The zero-order valence-corrected chi connectivity index (χ0v) is 9.53. The monoisotopic (exact) mass is 219 g/mol. The van der Waals surface area contributed by atoms with E-state index in [1.807, 2.05) is 12.1 Å². The summed E-state index contributed by atoms with van der Waals surface area (Å²) in [7, 11) is 1.70. The lowest BCUT2D eigenvalue weighted by Gasteiger charge is -2.27. The zero-order chi connectivity index (χ0) is 11.2. The van der Waals surface area contributed by atoms with Gasteiger partial charge in [-0.2, -0.15) is 0 Å². The van der Waals surface area contributed by atoms with Crippen LogP contribution in [0.1, 0.15) is 18.4 Å². The van der Waals surface area contributed by atoms with Crippen molar-refractivity contribution >= 4 is 0 Å². The van der Waals surface area contributed by atoms with Crippen LogP contribution >= 0.6 is 0 Å². The number of nitrogens with two attached hydrogens (primary N) is 1. The van der Waals surface area contributed by atoms with Crippen molar-refractivity contribution in [2.75, 3.05) is 20.3 Å². The fourth-order valence-corrected chi connectivity index (χ4v) is 2.95. The summed E-state index contributed by atoms with van der Waals surface area (Å²) < 4.78 is 11.0. The zero-order valence-electron chi connectivity index (χ0n) is 9.53. The lowest BCUT2D eigenvalue weighted by molar-refractivity contribution is 0.253. The van der Waals surface area contributed by atoms with Crippen LogP contribution in [0, 0.1) is 5.92 Å². The van der Waals surface area contributed by atoms with Crippen molar-refractivity contribution in [1.82, 2.24) is 0 Å². The van der Waals surface area contributed by atoms with Gasteiger partial charge in [-0.1, -0.05) is 0 Å². The molecule has 0 unspecified atom stereocenters. The summed E-state index contributed by atoms with van der Waals surface area (Å²) in [4.78, 5) is 0. The van der Waals surface area contributed by atoms with E-state index in [0.717, 1.165) is 31.1 Å². The maximum Gasteiger partial charge on any atom is 0.123 e. The summed E-state index contributed by atoms with van der Waals surface area (Å²) in [5.74, 6) is 2.55. The highest BCUT2D eigenvalue weighted by molar-refractivity contribution is 5.50. The van der Waals surface area contributed by atoms with Crippen LogP contribution in [0.3, 0.4) is 0 Å². The first-order chi connectivity index (χ1) is 7.80. The van der Waals surface area contributed by atoms with Crippen molar-refractivity contribution in [3.05, 3.63) is 23.8 Å². The van der Waals surface area contributed by atoms with E-state index in [2.05, 4.69) is 6.07 Å². The van der Waals surface area contributed by atoms with Gasteiger partial charge in [-0.3, -0.25) is 0 Å². The molecule has 1 aromatic rings. The minimum absolute atomic E-state index is 0.289. The first kappa shape index (κ1) is 9.97. The molecule has 2 N–H and O–H groups in total. The molecular formula is C13H17NO2. The van der Waals surface area contributed by atoms with Crippen LogP contribution < -0.4 is 15.2 Å². The van der Waals surface area contributed by atoms with Crippen LogP contribution in [0.4, 0.5) is 0 Å². The normalized spacial score (nSPS) is 30.8. The third-order valence-corrected chi connectivity index (χ3v) is 4.05. The molecule has 1 spiro atoms. The van der Waals surface area contributed by atoms with Gasteiger partial charge >= 0.3 is 0 Å². The molecule has 2 atom stereocenters. The van der Waals surface area contributed by atoms with Gasteiger partial charge in [0, 0.05) is 11.0 Å². The van der Waals surface area contributed by atoms with Crippen molar-refractivity contribution < 1.29 is 9.47 Å². The fourth-order valence-electron chi connectivity index (χ4n) is 2.95. The van der Waals surface area contributed by atoms with Gasteiger partial charge in [0.2, 0.25) is 0 Å². The van der Waals surface area contributed by atoms with Crippen molar-refractivity contribution in [3.63, 3.8) is 0 Å². The third-order valence-electron chi connectivity index (χ3n) is 4.05. The molecule has 1 aliphatic heterocycles. The fraction of sp³-hybridized carbons (Fsp3) is 0.538. The Morgan fingerprint density at radius 1 is 1.56 bits per heavy atom. The van der Waals surface area contributed by atoms with Gasteiger partial charge in [0.05, 0.1) is 13.7 Å². The van der Waals surface area contributed by atoms with E-state index >= 15 is 0 Å². The minimum atomic E-state index is 0.289. The summed E-state index contributed by atoms with van der Waals surface area (Å²) in [6, 6.07) is 6.09. The molecule has 3 heteroatoms. The maximum atomic E-state index is 5.79. The first-order valence-electron chi connectivity index (χ1n) is 5.81. The van der Waals surface area contributed by atoms with E-state index in [1.165, 1.54) is 12.0 Å². The molecule has 3 rings (SSSR count). The Hall–Kier alpha value is -1.22. The molecule has 2 aliphatic rings. The van der Waals surface area contributed by atoms with Gasteiger partial charge in [0.15, 0.2) is 0 Å². The first-order valence-corrected chi connectivity index (χ1v) is 5.81. The largest absolute Gasteiger partial charge is 0.497 e. The predicted octanol–water partition coefficient (Wildman–Crippen LogP) is 1.69. The second-order valence-electron chi connectivity index (χ2n) is 4.75. The van der Waals surface area contributed by atoms with Crippen molar-refractivity contribution in [2.24, 2.45) is 11.7 Å². The topological polar surface area (TPSA) is 44.5 Å². The Bertz CT molecular complexity index is 418. The smallest absolute Gasteiger partial charge is 0.123 e. The highest BCUT2D eigenvalue weighted by atomic mass is 16.5. The molecular weight excluding hydrogens is 202 g/mol. The van der Waals surface area contributed by atoms with Crippen molar-refractivity contribution in [3.8, 4) is 11.5 Å². The molecule has 1 aromatic carbocycles. The van der Waals surface area contributed by atoms with Crippen LogP contribution in [0.5, 0.6) is 11.5 Å². The van der Waals surface area contributed by atoms with E-state index in [-0.39, 0.29) is 5.41 Å². The Balaban J connectivity index is 2.04. The number of hydrogen-bond donors (Lipinski definition) is 1. The van der Waals surface area contributed by atoms with Gasteiger partial charge in [0.1, 0.15) is 11.5 Å². The van der Waals surface area contributed by atoms with Gasteiger partial charge < -0.3 is 15.2 Å². The van der Waals surface area contributed by atoms with Crippen LogP contribution in [-0.2, 0) is 5.41 Å². The van der Waals surface area contributed by atoms with Gasteiger partial charge in [-0.05, 0) is 43.5 Å². The molecule has 1 heterocycles. The van der Waals surface area contributed by atoms with E-state index in [4.69, 9.17) is 15.2 Å². The van der Waals surface area contributed by atoms with E-state index < -0.39 is 0 Å². The number of rotatable bonds is 2. The standard InChI is InChI=1S/C13H17NO2/c1-15-10-2-3-12-11(6-10)13(4-5-16-12)7-9(13)8-14/h2-3,6,9H,4-5,7-8,14H2,1H3/t9-,13-/m1/s1. The molecule has 3 nitrogen and oxygen atoms in total. The Labute approximate surface area is 95.5 Å². The highest BCUT2D eigenvalue weighted by Gasteiger charge is 2.56. The van der Waals surface area contributed by atoms with E-state index in [0.29, 0.717) is 5.92 Å². The quantitative estimate of drug-likeness (QED) is 0.823. The van der Waals surface area contributed by atoms with Crippen LogP contribution in [0.15, 0.2) is 18.2 Å². The average Bonchev–Trinajstić information content (AvgIpc) is 3.04. The second kappa shape index (κ2) is 3.39. The van der Waals surface area contributed by atoms with Crippen LogP contribution in [-0.4, -0.2) is 20.3 Å². The summed E-state index contributed by atoms with van der Waals surface area (Å²) >= 11 is 0. The Morgan fingerprint density at radius 3 is 3.12 bits per heavy atom. The van der Waals surface area contributed by atoms with Gasteiger partial charge in [-0.25, -0.2) is 0 Å². The average molecular weight is 219 g/mol. The summed E-state index contributed by atoms with van der Waals surface area (Å²) in [5, 5.41) is 0. The lowest BCUT2D eigenvalue weighted by Crippen LogP contribution is -2.24. The highest BCUT2D eigenvalue weighted by Crippen LogP contribution is 2.60. The van der Waals surface area contributed by atoms with Gasteiger partial charge in [-0.15, -0.1) is 0 Å². The lowest BCUT2D eigenvalue weighted by atomic mass is 9.87. The molecule has 1 fully saturated rings. The number of benzene rings is 1. The summed E-state index contributed by atoms with van der Waals surface area (Å²) in [6.07, 6.45) is 2.29. The van der Waals surface area contributed by atoms with Crippen molar-refractivity contribution in [2.45, 2.75) is 18.3 Å².